The first-order chi connectivity index (χ1) is 21.1. The summed E-state index contributed by atoms with van der Waals surface area (Å²) in [5.74, 6) is -0.767. The van der Waals surface area contributed by atoms with E-state index in [0.717, 1.165) is 80.2 Å². The van der Waals surface area contributed by atoms with E-state index in [-0.39, 0.29) is 41.8 Å². The highest BCUT2D eigenvalue weighted by Crippen LogP contribution is 2.48. The Morgan fingerprint density at radius 2 is 1.68 bits per heavy atom. The number of hydrogen-bond donors (Lipinski definition) is 0. The van der Waals surface area contributed by atoms with E-state index in [1.54, 1.807) is 24.3 Å². The fourth-order valence-electron chi connectivity index (χ4n) is 8.12. The van der Waals surface area contributed by atoms with Gasteiger partial charge in [-0.2, -0.15) is 0 Å². The summed E-state index contributed by atoms with van der Waals surface area (Å²) >= 11 is 0. The van der Waals surface area contributed by atoms with Gasteiger partial charge in [0.25, 0.3) is 5.91 Å². The average Bonchev–Trinajstić information content (AvgIpc) is 3.39. The molecule has 1 aromatic heterocycles. The summed E-state index contributed by atoms with van der Waals surface area (Å²) in [6, 6.07) is 10.3. The maximum Gasteiger partial charge on any atom is 0.573 e. The number of likely N-dealkylation sites (N-methyl/N-ethyl adjacent to an activating group) is 1. The summed E-state index contributed by atoms with van der Waals surface area (Å²) < 4.78 is 52.8. The third-order valence-electron chi connectivity index (χ3n) is 9.91. The first kappa shape index (κ1) is 29.0. The van der Waals surface area contributed by atoms with E-state index in [0.29, 0.717) is 16.7 Å². The standard InChI is InChI=1S/C34H36F3N3O4/c1-38-18-23-12-13-24(19-38)40(23)32(41)22-15-27-25(9-6-10-29(27)44-34(35,36)37)31-30(20-7-4-3-5-8-20)26-14-11-21(33(42)43-2)16-28(26)39(31)17-22/h6,9-11,14-16,20,23-24H,3-5,7-8,12-13,17-19H2,1-2H3. The normalized spacial score (nSPS) is 22.3. The van der Waals surface area contributed by atoms with Crippen LogP contribution in [0.15, 0.2) is 42.0 Å². The molecular formula is C34H36F3N3O4. The lowest BCUT2D eigenvalue weighted by molar-refractivity contribution is -0.274. The molecule has 7 rings (SSSR count). The summed E-state index contributed by atoms with van der Waals surface area (Å²) in [6.45, 7) is 1.69. The van der Waals surface area contributed by atoms with Crippen molar-refractivity contribution in [1.82, 2.24) is 14.4 Å². The number of hydrogen-bond acceptors (Lipinski definition) is 5. The molecule has 2 bridgehead atoms. The van der Waals surface area contributed by atoms with Gasteiger partial charge in [-0.15, -0.1) is 13.2 Å². The van der Waals surface area contributed by atoms with E-state index in [1.165, 1.54) is 13.2 Å². The van der Waals surface area contributed by atoms with Crippen LogP contribution in [0, 0.1) is 0 Å². The quantitative estimate of drug-likeness (QED) is 0.308. The lowest BCUT2D eigenvalue weighted by Gasteiger charge is -2.40. The van der Waals surface area contributed by atoms with Crippen LogP contribution < -0.4 is 4.74 Å². The second-order valence-electron chi connectivity index (χ2n) is 12.7. The third kappa shape index (κ3) is 4.97. The van der Waals surface area contributed by atoms with Gasteiger partial charge in [-0.25, -0.2) is 4.79 Å². The second-order valence-corrected chi connectivity index (χ2v) is 12.7. The van der Waals surface area contributed by atoms with Crippen molar-refractivity contribution in [3.05, 3.63) is 58.7 Å². The van der Waals surface area contributed by atoms with Gasteiger partial charge in [0.1, 0.15) is 5.75 Å². The zero-order valence-electron chi connectivity index (χ0n) is 25.0. The maximum atomic E-state index is 14.4. The number of esters is 1. The number of benzene rings is 2. The third-order valence-corrected chi connectivity index (χ3v) is 9.91. The van der Waals surface area contributed by atoms with Crippen LogP contribution in [0.4, 0.5) is 13.2 Å². The van der Waals surface area contributed by atoms with E-state index in [1.807, 2.05) is 21.6 Å². The average molecular weight is 608 g/mol. The van der Waals surface area contributed by atoms with E-state index in [9.17, 15) is 22.8 Å². The zero-order chi connectivity index (χ0) is 30.7. The van der Waals surface area contributed by atoms with Gasteiger partial charge in [-0.1, -0.05) is 37.5 Å². The number of carbonyl (C=O) groups is 2. The van der Waals surface area contributed by atoms with Crippen molar-refractivity contribution in [1.29, 1.82) is 0 Å². The van der Waals surface area contributed by atoms with Gasteiger partial charge >= 0.3 is 12.3 Å². The van der Waals surface area contributed by atoms with Crippen LogP contribution >= 0.6 is 0 Å². The van der Waals surface area contributed by atoms with Crippen molar-refractivity contribution in [2.45, 2.75) is 75.9 Å². The van der Waals surface area contributed by atoms with Crippen LogP contribution in [0.5, 0.6) is 5.75 Å². The highest BCUT2D eigenvalue weighted by atomic mass is 19.4. The highest BCUT2D eigenvalue weighted by Gasteiger charge is 2.43. The lowest BCUT2D eigenvalue weighted by atomic mass is 9.81. The Morgan fingerprint density at radius 3 is 2.36 bits per heavy atom. The van der Waals surface area contributed by atoms with Crippen LogP contribution in [-0.2, 0) is 16.1 Å². The number of piperazine rings is 1. The molecule has 0 radical (unpaired) electrons. The molecule has 0 spiro atoms. The predicted molar refractivity (Wildman–Crippen MR) is 160 cm³/mol. The number of nitrogens with zero attached hydrogens (tertiary/aromatic N) is 3. The van der Waals surface area contributed by atoms with Crippen molar-refractivity contribution in [2.75, 3.05) is 27.2 Å². The molecule has 10 heteroatoms. The van der Waals surface area contributed by atoms with E-state index < -0.39 is 12.3 Å². The van der Waals surface area contributed by atoms with E-state index in [2.05, 4.69) is 16.7 Å². The van der Waals surface area contributed by atoms with Crippen LogP contribution in [-0.4, -0.2) is 71.9 Å². The number of halogens is 3. The SMILES string of the molecule is COC(=O)c1ccc2c(C3CCCCC3)c3n(c2c1)CC(C(=O)N1C2CCC1CN(C)C2)=Cc1c(OC(F)(F)F)cccc1-3. The van der Waals surface area contributed by atoms with Gasteiger partial charge < -0.3 is 23.8 Å². The van der Waals surface area contributed by atoms with Crippen molar-refractivity contribution in [3.63, 3.8) is 0 Å². The molecule has 7 nitrogen and oxygen atoms in total. The summed E-state index contributed by atoms with van der Waals surface area (Å²) in [5.41, 5.74) is 4.23. The first-order valence-electron chi connectivity index (χ1n) is 15.5. The van der Waals surface area contributed by atoms with Gasteiger partial charge in [0.15, 0.2) is 0 Å². The Kier molecular flexibility index (Phi) is 7.22. The highest BCUT2D eigenvalue weighted by molar-refractivity contribution is 6.04. The van der Waals surface area contributed by atoms with Crippen LogP contribution in [0.25, 0.3) is 28.2 Å². The zero-order valence-corrected chi connectivity index (χ0v) is 25.0. The Morgan fingerprint density at radius 1 is 0.955 bits per heavy atom. The van der Waals surface area contributed by atoms with Crippen molar-refractivity contribution < 1.29 is 32.2 Å². The molecule has 3 aliphatic heterocycles. The molecular weight excluding hydrogens is 571 g/mol. The molecule has 4 aliphatic rings. The Hall–Kier alpha value is -3.79. The van der Waals surface area contributed by atoms with Crippen LogP contribution in [0.1, 0.15) is 72.3 Å². The smallest absolute Gasteiger partial charge is 0.465 e. The van der Waals surface area contributed by atoms with Gasteiger partial charge in [0.05, 0.1) is 24.9 Å². The number of fused-ring (bicyclic) bond motifs is 7. The van der Waals surface area contributed by atoms with Crippen molar-refractivity contribution >= 4 is 28.9 Å². The number of aromatic nitrogens is 1. The van der Waals surface area contributed by atoms with Crippen LogP contribution in [0.3, 0.4) is 0 Å². The number of carbonyl (C=O) groups excluding carboxylic acids is 2. The molecule has 1 amide bonds. The summed E-state index contributed by atoms with van der Waals surface area (Å²) in [5, 5.41) is 0.945. The van der Waals surface area contributed by atoms with Gasteiger partial charge in [-0.3, -0.25) is 4.79 Å². The molecule has 3 aromatic rings. The molecule has 2 saturated heterocycles. The summed E-state index contributed by atoms with van der Waals surface area (Å²) in [6.07, 6.45) is 3.72. The van der Waals surface area contributed by atoms with Crippen molar-refractivity contribution in [2.24, 2.45) is 0 Å². The molecule has 0 N–H and O–H groups in total. The maximum absolute atomic E-state index is 14.4. The predicted octanol–water partition coefficient (Wildman–Crippen LogP) is 6.74. The molecule has 2 aromatic carbocycles. The topological polar surface area (TPSA) is 64.0 Å². The Bertz CT molecular complexity index is 1660. The molecule has 1 aliphatic carbocycles. The molecule has 232 valence electrons. The molecule has 3 fully saturated rings. The fourth-order valence-corrected chi connectivity index (χ4v) is 8.12. The van der Waals surface area contributed by atoms with E-state index >= 15 is 0 Å². The van der Waals surface area contributed by atoms with E-state index in [4.69, 9.17) is 4.74 Å². The molecule has 44 heavy (non-hydrogen) atoms. The number of rotatable bonds is 4. The van der Waals surface area contributed by atoms with Crippen LogP contribution in [0.2, 0.25) is 0 Å². The van der Waals surface area contributed by atoms with Gasteiger partial charge in [-0.05, 0) is 68.5 Å². The Balaban J connectivity index is 1.47. The largest absolute Gasteiger partial charge is 0.573 e. The number of alkyl halides is 3. The van der Waals surface area contributed by atoms with Crippen molar-refractivity contribution in [3.8, 4) is 17.0 Å². The molecule has 1 saturated carbocycles. The minimum absolute atomic E-state index is 0.0566. The number of ether oxygens (including phenoxy) is 2. The lowest BCUT2D eigenvalue weighted by Crippen LogP contribution is -2.55. The summed E-state index contributed by atoms with van der Waals surface area (Å²) in [7, 11) is 3.39. The first-order valence-corrected chi connectivity index (χ1v) is 15.5. The van der Waals surface area contributed by atoms with Gasteiger partial charge in [0, 0.05) is 52.8 Å². The number of amides is 1. The minimum Gasteiger partial charge on any atom is -0.465 e. The minimum atomic E-state index is -4.90. The second kappa shape index (κ2) is 11.0. The molecule has 2 unspecified atom stereocenters. The van der Waals surface area contributed by atoms with Gasteiger partial charge in [0.2, 0.25) is 0 Å². The molecule has 4 heterocycles. The monoisotopic (exact) mass is 607 g/mol. The molecule has 2 atom stereocenters. The summed E-state index contributed by atoms with van der Waals surface area (Å²) in [4.78, 5) is 31.3. The number of methoxy groups -OCH3 is 1. The number of likely N-dealkylation sites (tertiary alicyclic amines) is 1. The fraction of sp³-hybridized carbons (Fsp3) is 0.471. The Labute approximate surface area is 254 Å².